The van der Waals surface area contributed by atoms with Crippen LogP contribution >= 0.6 is 0 Å². The summed E-state index contributed by atoms with van der Waals surface area (Å²) in [5, 5.41) is 32.2. The van der Waals surface area contributed by atoms with Crippen molar-refractivity contribution in [2.45, 2.75) is 31.7 Å². The highest BCUT2D eigenvalue weighted by Crippen LogP contribution is 2.30. The van der Waals surface area contributed by atoms with Crippen molar-refractivity contribution in [3.63, 3.8) is 0 Å². The summed E-state index contributed by atoms with van der Waals surface area (Å²) in [6, 6.07) is 3.03. The van der Waals surface area contributed by atoms with Crippen LogP contribution in [0.4, 0.5) is 11.5 Å². The molecule has 1 heterocycles. The second kappa shape index (κ2) is 6.30. The van der Waals surface area contributed by atoms with Crippen LogP contribution in [0.25, 0.3) is 0 Å². The van der Waals surface area contributed by atoms with E-state index in [9.17, 15) is 15.2 Å². The quantitative estimate of drug-likeness (QED) is 0.640. The van der Waals surface area contributed by atoms with Gasteiger partial charge in [-0.05, 0) is 12.8 Å². The number of anilines is 1. The number of aromatic nitrogens is 1. The van der Waals surface area contributed by atoms with Crippen molar-refractivity contribution in [3.8, 4) is 6.07 Å². The van der Waals surface area contributed by atoms with Gasteiger partial charge in [-0.3, -0.25) is 10.1 Å². The van der Waals surface area contributed by atoms with Crippen LogP contribution in [0.15, 0.2) is 12.3 Å². The van der Waals surface area contributed by atoms with Gasteiger partial charge in [0.2, 0.25) is 5.82 Å². The molecule has 7 heteroatoms. The zero-order valence-corrected chi connectivity index (χ0v) is 11.0. The summed E-state index contributed by atoms with van der Waals surface area (Å²) in [5.41, 5.74) is -0.0454. The number of nitrogens with zero attached hydrogens (tertiary/aromatic N) is 3. The van der Waals surface area contributed by atoms with E-state index < -0.39 is 4.92 Å². The van der Waals surface area contributed by atoms with Crippen molar-refractivity contribution in [1.82, 2.24) is 4.98 Å². The number of aliphatic hydroxyl groups excluding tert-OH is 1. The summed E-state index contributed by atoms with van der Waals surface area (Å²) in [6.07, 6.45) is 5.15. The summed E-state index contributed by atoms with van der Waals surface area (Å²) in [5.74, 6) is 0.250. The largest absolute Gasteiger partial charge is 0.396 e. The average Bonchev–Trinajstić information content (AvgIpc) is 2.48. The number of nitrogens with one attached hydrogen (secondary N) is 1. The van der Waals surface area contributed by atoms with Crippen molar-refractivity contribution in [2.75, 3.05) is 11.9 Å². The summed E-state index contributed by atoms with van der Waals surface area (Å²) in [4.78, 5) is 14.5. The first-order valence-electron chi connectivity index (χ1n) is 6.57. The second-order valence-electron chi connectivity index (χ2n) is 4.94. The molecule has 1 aliphatic rings. The minimum atomic E-state index is -0.549. The molecule has 0 radical (unpaired) electrons. The first-order valence-corrected chi connectivity index (χ1v) is 6.57. The van der Waals surface area contributed by atoms with E-state index in [4.69, 9.17) is 5.26 Å². The summed E-state index contributed by atoms with van der Waals surface area (Å²) < 4.78 is 0. The zero-order valence-electron chi connectivity index (χ0n) is 11.0. The lowest BCUT2D eigenvalue weighted by molar-refractivity contribution is -0.384. The Morgan fingerprint density at radius 1 is 1.55 bits per heavy atom. The standard InChI is InChI=1S/C13H16N4O3/c14-6-9-5-12(17(19)20)13(15-7-9)16-11-4-2-1-3-10(11)8-18/h5,7,10-11,18H,1-4,8H2,(H,15,16). The third kappa shape index (κ3) is 3.03. The Kier molecular flexibility index (Phi) is 4.48. The molecule has 1 aromatic rings. The molecule has 7 nitrogen and oxygen atoms in total. The number of pyridine rings is 1. The zero-order chi connectivity index (χ0) is 14.5. The minimum absolute atomic E-state index is 0.0205. The van der Waals surface area contributed by atoms with Gasteiger partial charge in [-0.1, -0.05) is 12.8 Å². The Morgan fingerprint density at radius 2 is 2.30 bits per heavy atom. The maximum absolute atomic E-state index is 11.0. The molecule has 2 rings (SSSR count). The van der Waals surface area contributed by atoms with Gasteiger partial charge < -0.3 is 10.4 Å². The Hall–Kier alpha value is -2.20. The lowest BCUT2D eigenvalue weighted by Gasteiger charge is -2.31. The molecule has 1 aliphatic carbocycles. The van der Waals surface area contributed by atoms with Crippen LogP contribution in [-0.2, 0) is 0 Å². The average molecular weight is 276 g/mol. The Bertz CT molecular complexity index is 541. The van der Waals surface area contributed by atoms with Gasteiger partial charge >= 0.3 is 5.69 Å². The van der Waals surface area contributed by atoms with E-state index in [0.717, 1.165) is 25.7 Å². The van der Waals surface area contributed by atoms with Gasteiger partial charge in [-0.15, -0.1) is 0 Å². The van der Waals surface area contributed by atoms with Crippen molar-refractivity contribution in [3.05, 3.63) is 27.9 Å². The van der Waals surface area contributed by atoms with Gasteiger partial charge in [0.05, 0.1) is 10.5 Å². The highest BCUT2D eigenvalue weighted by Gasteiger charge is 2.27. The smallest absolute Gasteiger partial charge is 0.312 e. The molecular formula is C13H16N4O3. The third-order valence-corrected chi connectivity index (χ3v) is 3.66. The molecule has 0 bridgehead atoms. The molecular weight excluding hydrogens is 260 g/mol. The van der Waals surface area contributed by atoms with Crippen LogP contribution < -0.4 is 5.32 Å². The van der Waals surface area contributed by atoms with Crippen molar-refractivity contribution < 1.29 is 10.0 Å². The van der Waals surface area contributed by atoms with Crippen LogP contribution in [0.5, 0.6) is 0 Å². The van der Waals surface area contributed by atoms with Crippen LogP contribution in [0, 0.1) is 27.4 Å². The normalized spacial score (nSPS) is 22.0. The van der Waals surface area contributed by atoms with E-state index in [1.165, 1.54) is 12.3 Å². The van der Waals surface area contributed by atoms with Crippen LogP contribution in [0.3, 0.4) is 0 Å². The Morgan fingerprint density at radius 3 is 2.95 bits per heavy atom. The maximum atomic E-state index is 11.0. The monoisotopic (exact) mass is 276 g/mol. The summed E-state index contributed by atoms with van der Waals surface area (Å²) in [6.45, 7) is 0.0573. The predicted octanol–water partition coefficient (Wildman–Crippen LogP) is 1.82. The van der Waals surface area contributed by atoms with E-state index in [1.54, 1.807) is 0 Å². The molecule has 1 aromatic heterocycles. The molecule has 2 atom stereocenters. The molecule has 0 saturated heterocycles. The predicted molar refractivity (Wildman–Crippen MR) is 72.1 cm³/mol. The highest BCUT2D eigenvalue weighted by molar-refractivity contribution is 5.58. The van der Waals surface area contributed by atoms with E-state index in [-0.39, 0.29) is 35.6 Å². The number of hydrogen-bond acceptors (Lipinski definition) is 6. The highest BCUT2D eigenvalue weighted by atomic mass is 16.6. The summed E-state index contributed by atoms with van der Waals surface area (Å²) in [7, 11) is 0. The van der Waals surface area contributed by atoms with Gasteiger partial charge in [-0.2, -0.15) is 5.26 Å². The van der Waals surface area contributed by atoms with E-state index in [0.29, 0.717) is 0 Å². The lowest BCUT2D eigenvalue weighted by atomic mass is 9.85. The topological polar surface area (TPSA) is 112 Å². The van der Waals surface area contributed by atoms with Gasteiger partial charge in [0.25, 0.3) is 0 Å². The van der Waals surface area contributed by atoms with E-state index in [1.807, 2.05) is 6.07 Å². The molecule has 20 heavy (non-hydrogen) atoms. The Labute approximate surface area is 116 Å². The van der Waals surface area contributed by atoms with Crippen molar-refractivity contribution in [1.29, 1.82) is 5.26 Å². The fourth-order valence-electron chi connectivity index (χ4n) is 2.56. The number of nitro groups is 1. The fourth-order valence-corrected chi connectivity index (χ4v) is 2.56. The van der Waals surface area contributed by atoms with Crippen LogP contribution in [0.2, 0.25) is 0 Å². The Balaban J connectivity index is 2.24. The van der Waals surface area contributed by atoms with E-state index in [2.05, 4.69) is 10.3 Å². The molecule has 0 aromatic carbocycles. The molecule has 2 N–H and O–H groups in total. The van der Waals surface area contributed by atoms with Gasteiger partial charge in [0.15, 0.2) is 0 Å². The number of rotatable bonds is 4. The van der Waals surface area contributed by atoms with Gasteiger partial charge in [-0.25, -0.2) is 4.98 Å². The molecule has 1 saturated carbocycles. The van der Waals surface area contributed by atoms with Crippen molar-refractivity contribution >= 4 is 11.5 Å². The van der Waals surface area contributed by atoms with Crippen LogP contribution in [0.1, 0.15) is 31.2 Å². The minimum Gasteiger partial charge on any atom is -0.396 e. The number of hydrogen-bond donors (Lipinski definition) is 2. The second-order valence-corrected chi connectivity index (χ2v) is 4.94. The van der Waals surface area contributed by atoms with Crippen LogP contribution in [-0.4, -0.2) is 27.7 Å². The van der Waals surface area contributed by atoms with Gasteiger partial charge in [0.1, 0.15) is 6.07 Å². The molecule has 0 aliphatic heterocycles. The SMILES string of the molecule is N#Cc1cnc(NC2CCCCC2CO)c([N+](=O)[O-])c1. The molecule has 0 spiro atoms. The number of nitriles is 1. The van der Waals surface area contributed by atoms with Gasteiger partial charge in [0, 0.05) is 30.8 Å². The third-order valence-electron chi connectivity index (χ3n) is 3.66. The molecule has 2 unspecified atom stereocenters. The summed E-state index contributed by atoms with van der Waals surface area (Å²) >= 11 is 0. The maximum Gasteiger partial charge on any atom is 0.312 e. The first kappa shape index (κ1) is 14.2. The molecule has 1 fully saturated rings. The number of aliphatic hydroxyl groups is 1. The fraction of sp³-hybridized carbons (Fsp3) is 0.538. The lowest BCUT2D eigenvalue weighted by Crippen LogP contribution is -2.34. The molecule has 106 valence electrons. The first-order chi connectivity index (χ1) is 9.65. The van der Waals surface area contributed by atoms with E-state index >= 15 is 0 Å². The van der Waals surface area contributed by atoms with Crippen molar-refractivity contribution in [2.24, 2.45) is 5.92 Å². The molecule has 0 amide bonds.